The summed E-state index contributed by atoms with van der Waals surface area (Å²) in [6.45, 7) is 2.33. The molecule has 11 heteroatoms. The number of aromatic nitrogens is 2. The Labute approximate surface area is 232 Å². The van der Waals surface area contributed by atoms with Crippen LogP contribution in [0.1, 0.15) is 35.2 Å². The van der Waals surface area contributed by atoms with Crippen LogP contribution in [-0.4, -0.2) is 72.2 Å². The first kappa shape index (κ1) is 26.2. The molecule has 0 fully saturated rings. The number of rotatable bonds is 3. The number of hydrogen-bond acceptors (Lipinski definition) is 7. The zero-order chi connectivity index (χ0) is 26.5. The monoisotopic (exact) mass is 561 g/mol. The molecule has 37 heavy (non-hydrogen) atoms. The van der Waals surface area contributed by atoms with Crippen LogP contribution < -0.4 is 10.6 Å². The van der Waals surface area contributed by atoms with Crippen molar-refractivity contribution in [2.45, 2.75) is 37.8 Å². The summed E-state index contributed by atoms with van der Waals surface area (Å²) in [5, 5.41) is 1.21. The Morgan fingerprint density at radius 2 is 1.95 bits per heavy atom. The zero-order valence-electron chi connectivity index (χ0n) is 21.2. The first-order valence-electron chi connectivity index (χ1n) is 12.3. The summed E-state index contributed by atoms with van der Waals surface area (Å²) in [4.78, 5) is 32.3. The Kier molecular flexibility index (Phi) is 7.13. The molecule has 5 rings (SSSR count). The molecule has 8 nitrogen and oxygen atoms in total. The normalized spacial score (nSPS) is 22.2. The summed E-state index contributed by atoms with van der Waals surface area (Å²) in [6.07, 6.45) is 3.43. The van der Waals surface area contributed by atoms with Gasteiger partial charge in [-0.1, -0.05) is 35.3 Å². The highest BCUT2D eigenvalue weighted by atomic mass is 35.5. The van der Waals surface area contributed by atoms with Crippen molar-refractivity contribution in [1.29, 1.82) is 0 Å². The van der Waals surface area contributed by atoms with Gasteiger partial charge in [0.05, 0.1) is 28.5 Å². The Balaban J connectivity index is 1.51. The first-order chi connectivity index (χ1) is 17.6. The Morgan fingerprint density at radius 1 is 1.16 bits per heavy atom. The molecule has 196 valence electrons. The number of carbonyl (C=O) groups is 1. The number of hydrogen-bond donors (Lipinski definition) is 1. The fourth-order valence-corrected chi connectivity index (χ4v) is 6.40. The fraction of sp³-hybridized carbons (Fsp3) is 0.462. The first-order valence-corrected chi connectivity index (χ1v) is 13.5. The molecular formula is C26H30Cl3N7O. The van der Waals surface area contributed by atoms with E-state index in [0.717, 1.165) is 47.8 Å². The second-order valence-corrected chi connectivity index (χ2v) is 11.2. The quantitative estimate of drug-likeness (QED) is 0.453. The van der Waals surface area contributed by atoms with E-state index in [1.165, 1.54) is 16.0 Å². The average molecular weight is 563 g/mol. The predicted molar refractivity (Wildman–Crippen MR) is 149 cm³/mol. The van der Waals surface area contributed by atoms with Crippen LogP contribution in [0.5, 0.6) is 0 Å². The molecule has 0 saturated heterocycles. The molecule has 2 aliphatic heterocycles. The van der Waals surface area contributed by atoms with Crippen molar-refractivity contribution in [3.05, 3.63) is 61.6 Å². The molecule has 2 aromatic rings. The van der Waals surface area contributed by atoms with Crippen LogP contribution in [0.2, 0.25) is 10.3 Å². The van der Waals surface area contributed by atoms with E-state index < -0.39 is 0 Å². The van der Waals surface area contributed by atoms with E-state index in [-0.39, 0.29) is 27.5 Å². The lowest BCUT2D eigenvalue weighted by molar-refractivity contribution is -0.124. The maximum Gasteiger partial charge on any atom is 0.270 e. The molecule has 0 saturated carbocycles. The molecule has 1 aromatic heterocycles. The lowest BCUT2D eigenvalue weighted by Gasteiger charge is -2.44. The lowest BCUT2D eigenvalue weighted by Crippen LogP contribution is -2.48. The number of fused-ring (bicyclic) bond motifs is 3. The molecule has 3 heterocycles. The molecular weight excluding hydrogens is 533 g/mol. The maximum atomic E-state index is 12.4. The minimum absolute atomic E-state index is 0.0183. The van der Waals surface area contributed by atoms with Crippen molar-refractivity contribution >= 4 is 52.2 Å². The molecule has 3 aliphatic rings. The van der Waals surface area contributed by atoms with E-state index in [4.69, 9.17) is 45.5 Å². The Hall–Kier alpha value is -2.39. The molecule has 0 bridgehead atoms. The fourth-order valence-electron chi connectivity index (χ4n) is 5.75. The number of anilines is 1. The number of aliphatic imine (C=N–C) groups is 1. The lowest BCUT2D eigenvalue weighted by atomic mass is 9.81. The largest absolute Gasteiger partial charge is 0.393 e. The van der Waals surface area contributed by atoms with Gasteiger partial charge < -0.3 is 15.5 Å². The van der Waals surface area contributed by atoms with Crippen LogP contribution in [0.25, 0.3) is 0 Å². The van der Waals surface area contributed by atoms with Crippen molar-refractivity contribution in [2.24, 2.45) is 10.7 Å². The van der Waals surface area contributed by atoms with E-state index in [2.05, 4.69) is 32.9 Å². The highest BCUT2D eigenvalue weighted by molar-refractivity contribution is 6.45. The van der Waals surface area contributed by atoms with Gasteiger partial charge in [0.2, 0.25) is 5.28 Å². The number of carbonyl (C=O) groups excluding carboxylic acids is 1. The zero-order valence-corrected chi connectivity index (χ0v) is 23.5. The van der Waals surface area contributed by atoms with Gasteiger partial charge >= 0.3 is 0 Å². The van der Waals surface area contributed by atoms with Crippen molar-refractivity contribution in [2.75, 3.05) is 45.7 Å². The highest BCUT2D eigenvalue weighted by Crippen LogP contribution is 2.49. The van der Waals surface area contributed by atoms with Gasteiger partial charge in [-0.05, 0) is 55.1 Å². The number of amides is 1. The molecule has 0 unspecified atom stereocenters. The van der Waals surface area contributed by atoms with Crippen LogP contribution >= 0.6 is 34.8 Å². The minimum Gasteiger partial charge on any atom is -0.393 e. The smallest absolute Gasteiger partial charge is 0.270 e. The maximum absolute atomic E-state index is 12.4. The van der Waals surface area contributed by atoms with Crippen molar-refractivity contribution in [3.63, 3.8) is 0 Å². The van der Waals surface area contributed by atoms with Gasteiger partial charge in [-0.15, -0.1) is 0 Å². The number of nitrogens with two attached hydrogens (primary N) is 1. The van der Waals surface area contributed by atoms with Crippen molar-refractivity contribution in [1.82, 2.24) is 19.8 Å². The third kappa shape index (κ3) is 4.58. The van der Waals surface area contributed by atoms with Crippen molar-refractivity contribution in [3.8, 4) is 0 Å². The van der Waals surface area contributed by atoms with Crippen LogP contribution in [-0.2, 0) is 29.7 Å². The van der Waals surface area contributed by atoms with Gasteiger partial charge in [0, 0.05) is 50.7 Å². The molecule has 1 spiro atoms. The average Bonchev–Trinajstić information content (AvgIpc) is 3.06. The van der Waals surface area contributed by atoms with Gasteiger partial charge in [-0.25, -0.2) is 9.97 Å². The van der Waals surface area contributed by atoms with E-state index in [9.17, 15) is 4.79 Å². The molecule has 1 aliphatic carbocycles. The molecule has 2 N–H and O–H groups in total. The number of benzene rings is 1. The van der Waals surface area contributed by atoms with E-state index in [1.54, 1.807) is 14.1 Å². The van der Waals surface area contributed by atoms with Gasteiger partial charge in [-0.2, -0.15) is 0 Å². The van der Waals surface area contributed by atoms with Gasteiger partial charge in [-0.3, -0.25) is 14.7 Å². The Morgan fingerprint density at radius 3 is 2.70 bits per heavy atom. The summed E-state index contributed by atoms with van der Waals surface area (Å²) in [6, 6.07) is 6.17. The summed E-state index contributed by atoms with van der Waals surface area (Å²) in [7, 11) is 5.42. The third-order valence-electron chi connectivity index (χ3n) is 7.69. The summed E-state index contributed by atoms with van der Waals surface area (Å²) < 4.78 is 0. The molecule has 0 radical (unpaired) electrons. The third-order valence-corrected chi connectivity index (χ3v) is 8.64. The standard InChI is InChI=1S/C26H30Cl3N7O/c1-34(2)24(37)22(30)21(28)20-14-36(11-5-10-31-20)23-16-13-35(3)26(12-19(16)32-25(29)33-23)9-8-15-17(26)6-4-7-18(15)27/h4,6-7H,5,8-14,30H2,1-3H3/b22-21+/t26-/m0/s1. The van der Waals surface area contributed by atoms with Crippen LogP contribution in [0.15, 0.2) is 33.9 Å². The van der Waals surface area contributed by atoms with E-state index in [0.29, 0.717) is 31.9 Å². The van der Waals surface area contributed by atoms with Gasteiger partial charge in [0.25, 0.3) is 5.91 Å². The number of halogens is 3. The van der Waals surface area contributed by atoms with Gasteiger partial charge in [0.1, 0.15) is 11.5 Å². The second kappa shape index (κ2) is 10.1. The summed E-state index contributed by atoms with van der Waals surface area (Å²) in [5.41, 5.74) is 10.9. The summed E-state index contributed by atoms with van der Waals surface area (Å²) >= 11 is 19.6. The molecule has 1 atom stereocenters. The Bertz CT molecular complexity index is 1330. The summed E-state index contributed by atoms with van der Waals surface area (Å²) in [5.74, 6) is 0.424. The van der Waals surface area contributed by atoms with Crippen molar-refractivity contribution < 1.29 is 4.79 Å². The predicted octanol–water partition coefficient (Wildman–Crippen LogP) is 3.76. The van der Waals surface area contributed by atoms with Crippen LogP contribution in [0.4, 0.5) is 5.82 Å². The second-order valence-electron chi connectivity index (χ2n) is 10.1. The number of likely N-dealkylation sites (N-methyl/N-ethyl adjacent to an activating group) is 2. The van der Waals surface area contributed by atoms with Crippen LogP contribution in [0, 0.1) is 0 Å². The van der Waals surface area contributed by atoms with Gasteiger partial charge in [0.15, 0.2) is 0 Å². The SMILES string of the molecule is CN(C)C(=O)/C(N)=C(\Cl)C1=NCCCN(c2nc(Cl)nc3c2CN(C)[C@@]2(CCc4c(Cl)cccc42)C3)C1. The van der Waals surface area contributed by atoms with Crippen LogP contribution in [0.3, 0.4) is 0 Å². The van der Waals surface area contributed by atoms with E-state index in [1.807, 2.05) is 12.1 Å². The number of nitrogens with zero attached hydrogens (tertiary/aromatic N) is 6. The highest BCUT2D eigenvalue weighted by Gasteiger charge is 2.47. The minimum atomic E-state index is -0.352. The molecule has 1 aromatic carbocycles. The molecule has 1 amide bonds. The van der Waals surface area contributed by atoms with E-state index >= 15 is 0 Å². The topological polar surface area (TPSA) is 90.9 Å².